The van der Waals surface area contributed by atoms with Gasteiger partial charge < -0.3 is 4.98 Å². The maximum Gasteiger partial charge on any atom is 0.300 e. The van der Waals surface area contributed by atoms with Gasteiger partial charge in [0.25, 0.3) is 5.69 Å². The van der Waals surface area contributed by atoms with Crippen LogP contribution < -0.4 is 5.14 Å². The Labute approximate surface area is 135 Å². The number of nitrogens with zero attached hydrogens (tertiary/aromatic N) is 2. The van der Waals surface area contributed by atoms with Crippen molar-refractivity contribution in [2.75, 3.05) is 0 Å². The van der Waals surface area contributed by atoms with Gasteiger partial charge in [-0.1, -0.05) is 23.7 Å². The van der Waals surface area contributed by atoms with Crippen molar-refractivity contribution in [2.45, 2.75) is 4.90 Å². The van der Waals surface area contributed by atoms with Crippen molar-refractivity contribution < 1.29 is 13.3 Å². The smallest absolute Gasteiger partial charge is 0.300 e. The van der Waals surface area contributed by atoms with Crippen LogP contribution in [0.2, 0.25) is 5.02 Å². The van der Waals surface area contributed by atoms with Crippen molar-refractivity contribution in [3.63, 3.8) is 0 Å². The molecule has 10 heteroatoms. The molecule has 3 N–H and O–H groups in total. The lowest BCUT2D eigenvalue weighted by Gasteiger charge is -2.07. The molecule has 0 bridgehead atoms. The molecule has 0 aliphatic carbocycles. The lowest BCUT2D eigenvalue weighted by atomic mass is 10.1. The summed E-state index contributed by atoms with van der Waals surface area (Å²) in [4.78, 5) is 17.2. The third-order valence-corrected chi connectivity index (χ3v) is 4.46. The SMILES string of the molecule is NS(=O)(=O)c1ccc(Cl)c([N+](=O)[O-])c1-c1nc2ccccc2[nH]1. The van der Waals surface area contributed by atoms with Crippen LogP contribution in [0.4, 0.5) is 5.69 Å². The fraction of sp³-hybridized carbons (Fsp3) is 0. The van der Waals surface area contributed by atoms with Gasteiger partial charge in [-0.3, -0.25) is 10.1 Å². The summed E-state index contributed by atoms with van der Waals surface area (Å²) in [7, 11) is -4.21. The number of nitrogens with two attached hydrogens (primary N) is 1. The summed E-state index contributed by atoms with van der Waals surface area (Å²) in [6.07, 6.45) is 0. The maximum atomic E-state index is 11.8. The summed E-state index contributed by atoms with van der Waals surface area (Å²) in [6.45, 7) is 0. The average Bonchev–Trinajstić information content (AvgIpc) is 2.88. The van der Waals surface area contributed by atoms with E-state index in [4.69, 9.17) is 16.7 Å². The number of H-pyrrole nitrogens is 1. The van der Waals surface area contributed by atoms with E-state index in [-0.39, 0.29) is 16.4 Å². The number of nitro benzene ring substituents is 1. The van der Waals surface area contributed by atoms with Gasteiger partial charge in [-0.25, -0.2) is 18.5 Å². The van der Waals surface area contributed by atoms with E-state index < -0.39 is 25.5 Å². The molecule has 1 aromatic heterocycles. The van der Waals surface area contributed by atoms with Crippen LogP contribution in [0.5, 0.6) is 0 Å². The molecule has 0 aliphatic rings. The molecule has 0 spiro atoms. The van der Waals surface area contributed by atoms with Gasteiger partial charge in [-0.15, -0.1) is 0 Å². The van der Waals surface area contributed by atoms with Crippen molar-refractivity contribution in [1.29, 1.82) is 0 Å². The monoisotopic (exact) mass is 352 g/mol. The third kappa shape index (κ3) is 2.65. The molecule has 0 saturated heterocycles. The Hall–Kier alpha value is -2.49. The van der Waals surface area contributed by atoms with Crippen LogP contribution >= 0.6 is 11.6 Å². The number of fused-ring (bicyclic) bond motifs is 1. The number of primary sulfonamides is 1. The number of imidazole rings is 1. The maximum absolute atomic E-state index is 11.8. The molecule has 0 atom stereocenters. The predicted octanol–water partition coefficient (Wildman–Crippen LogP) is 2.44. The zero-order chi connectivity index (χ0) is 16.8. The summed E-state index contributed by atoms with van der Waals surface area (Å²) in [5, 5.41) is 16.3. The Kier molecular flexibility index (Phi) is 3.55. The summed E-state index contributed by atoms with van der Waals surface area (Å²) < 4.78 is 23.6. The molecule has 3 aromatic rings. The second kappa shape index (κ2) is 5.30. The van der Waals surface area contributed by atoms with Gasteiger partial charge in [0.2, 0.25) is 10.0 Å². The fourth-order valence-electron chi connectivity index (χ4n) is 2.26. The molecule has 0 radical (unpaired) electrons. The highest BCUT2D eigenvalue weighted by atomic mass is 35.5. The van der Waals surface area contributed by atoms with Crippen molar-refractivity contribution in [3.8, 4) is 11.4 Å². The number of halogens is 1. The average molecular weight is 353 g/mol. The fourth-order valence-corrected chi connectivity index (χ4v) is 3.22. The summed E-state index contributed by atoms with van der Waals surface area (Å²) in [5.74, 6) is 0.00410. The molecule has 0 amide bonds. The first kappa shape index (κ1) is 15.4. The van der Waals surface area contributed by atoms with Crippen LogP contribution in [0.15, 0.2) is 41.3 Å². The van der Waals surface area contributed by atoms with Crippen LogP contribution in [0.1, 0.15) is 0 Å². The molecule has 118 valence electrons. The van der Waals surface area contributed by atoms with E-state index in [0.29, 0.717) is 11.0 Å². The van der Waals surface area contributed by atoms with E-state index in [9.17, 15) is 18.5 Å². The minimum Gasteiger partial charge on any atom is -0.338 e. The van der Waals surface area contributed by atoms with Gasteiger partial charge in [0.05, 0.1) is 20.9 Å². The quantitative estimate of drug-likeness (QED) is 0.551. The second-order valence-electron chi connectivity index (χ2n) is 4.67. The van der Waals surface area contributed by atoms with Gasteiger partial charge in [0.1, 0.15) is 16.4 Å². The third-order valence-electron chi connectivity index (χ3n) is 3.21. The van der Waals surface area contributed by atoms with Gasteiger partial charge in [-0.05, 0) is 24.3 Å². The van der Waals surface area contributed by atoms with Gasteiger partial charge in [0, 0.05) is 0 Å². The molecule has 0 saturated carbocycles. The Morgan fingerprint density at radius 2 is 1.91 bits per heavy atom. The standard InChI is InChI=1S/C13H9ClN4O4S/c14-7-5-6-10(23(15,21)22)11(12(7)18(19)20)13-16-8-3-1-2-4-9(8)17-13/h1-6H,(H,16,17)(H2,15,21,22). The largest absolute Gasteiger partial charge is 0.338 e. The number of benzene rings is 2. The van der Waals surface area contributed by atoms with E-state index in [0.717, 1.165) is 12.1 Å². The zero-order valence-corrected chi connectivity index (χ0v) is 12.9. The highest BCUT2D eigenvalue weighted by Gasteiger charge is 2.30. The normalized spacial score (nSPS) is 11.7. The number of rotatable bonds is 3. The highest BCUT2D eigenvalue weighted by Crippen LogP contribution is 2.39. The first-order chi connectivity index (χ1) is 10.8. The predicted molar refractivity (Wildman–Crippen MR) is 84.6 cm³/mol. The highest BCUT2D eigenvalue weighted by molar-refractivity contribution is 7.89. The molecule has 1 heterocycles. The lowest BCUT2D eigenvalue weighted by Crippen LogP contribution is -2.14. The second-order valence-corrected chi connectivity index (χ2v) is 6.61. The van der Waals surface area contributed by atoms with Crippen LogP contribution in [0.3, 0.4) is 0 Å². The van der Waals surface area contributed by atoms with Gasteiger partial charge in [0.15, 0.2) is 0 Å². The molecule has 23 heavy (non-hydrogen) atoms. The van der Waals surface area contributed by atoms with Crippen molar-refractivity contribution in [2.24, 2.45) is 5.14 Å². The minimum atomic E-state index is -4.21. The minimum absolute atomic E-state index is 0.00410. The van der Waals surface area contributed by atoms with Crippen LogP contribution in [0.25, 0.3) is 22.4 Å². The molecule has 3 rings (SSSR count). The number of aromatic amines is 1. The van der Waals surface area contributed by atoms with Gasteiger partial charge in [-0.2, -0.15) is 0 Å². The molecular weight excluding hydrogens is 344 g/mol. The van der Waals surface area contributed by atoms with Crippen molar-refractivity contribution >= 4 is 38.3 Å². The van der Waals surface area contributed by atoms with Crippen LogP contribution in [0, 0.1) is 10.1 Å². The molecule has 2 aromatic carbocycles. The molecule has 0 aliphatic heterocycles. The van der Waals surface area contributed by atoms with Crippen molar-refractivity contribution in [3.05, 3.63) is 51.5 Å². The van der Waals surface area contributed by atoms with Crippen LogP contribution in [-0.4, -0.2) is 23.3 Å². The Morgan fingerprint density at radius 3 is 2.52 bits per heavy atom. The van der Waals surface area contributed by atoms with Gasteiger partial charge >= 0.3 is 0 Å². The number of nitro groups is 1. The topological polar surface area (TPSA) is 132 Å². The lowest BCUT2D eigenvalue weighted by molar-refractivity contribution is -0.384. The molecular formula is C13H9ClN4O4S. The number of hydrogen-bond acceptors (Lipinski definition) is 5. The summed E-state index contributed by atoms with van der Waals surface area (Å²) in [6, 6.07) is 9.11. The Balaban J connectivity index is 2.44. The first-order valence-corrected chi connectivity index (χ1v) is 8.16. The van der Waals surface area contributed by atoms with Crippen molar-refractivity contribution in [1.82, 2.24) is 9.97 Å². The first-order valence-electron chi connectivity index (χ1n) is 6.24. The van der Waals surface area contributed by atoms with E-state index in [2.05, 4.69) is 9.97 Å². The van der Waals surface area contributed by atoms with E-state index >= 15 is 0 Å². The number of hydrogen-bond donors (Lipinski definition) is 2. The zero-order valence-electron chi connectivity index (χ0n) is 11.4. The molecule has 8 nitrogen and oxygen atoms in total. The number of aromatic nitrogens is 2. The number of nitrogens with one attached hydrogen (secondary N) is 1. The molecule has 0 unspecified atom stereocenters. The summed E-state index contributed by atoms with van der Waals surface area (Å²) in [5.41, 5.74) is 0.285. The Morgan fingerprint density at radius 1 is 1.22 bits per heavy atom. The summed E-state index contributed by atoms with van der Waals surface area (Å²) >= 11 is 5.88. The number of para-hydroxylation sites is 2. The number of sulfonamides is 1. The van der Waals surface area contributed by atoms with Crippen LogP contribution in [-0.2, 0) is 10.0 Å². The Bertz CT molecular complexity index is 1010. The van der Waals surface area contributed by atoms with E-state index in [1.807, 2.05) is 0 Å². The van der Waals surface area contributed by atoms with E-state index in [1.165, 1.54) is 0 Å². The molecule has 0 fully saturated rings. The van der Waals surface area contributed by atoms with E-state index in [1.54, 1.807) is 24.3 Å².